The summed E-state index contributed by atoms with van der Waals surface area (Å²) in [5, 5.41) is 9.48. The fourth-order valence-corrected chi connectivity index (χ4v) is 1.41. The maximum atomic E-state index is 11.1. The van der Waals surface area contributed by atoms with E-state index in [0.717, 1.165) is 0 Å². The van der Waals surface area contributed by atoms with Crippen molar-refractivity contribution in [2.24, 2.45) is 5.84 Å². The third-order valence-corrected chi connectivity index (χ3v) is 2.38. The lowest BCUT2D eigenvalue weighted by Crippen LogP contribution is -2.22. The summed E-state index contributed by atoms with van der Waals surface area (Å²) < 4.78 is 1.48. The van der Waals surface area contributed by atoms with Gasteiger partial charge in [-0.3, -0.25) is 10.2 Å². The van der Waals surface area contributed by atoms with E-state index in [0.29, 0.717) is 24.9 Å². The third-order valence-electron chi connectivity index (χ3n) is 2.38. The summed E-state index contributed by atoms with van der Waals surface area (Å²) in [6, 6.07) is 1.75. The van der Waals surface area contributed by atoms with E-state index in [1.54, 1.807) is 25.5 Å². The third kappa shape index (κ3) is 3.38. The van der Waals surface area contributed by atoms with Crippen molar-refractivity contribution in [3.8, 4) is 5.95 Å². The zero-order valence-electron chi connectivity index (χ0n) is 10.9. The van der Waals surface area contributed by atoms with Gasteiger partial charge in [0.2, 0.25) is 17.8 Å². The van der Waals surface area contributed by atoms with E-state index in [-0.39, 0.29) is 11.9 Å². The van der Waals surface area contributed by atoms with Gasteiger partial charge in [-0.2, -0.15) is 20.1 Å². The van der Waals surface area contributed by atoms with Gasteiger partial charge in [0.15, 0.2) is 0 Å². The van der Waals surface area contributed by atoms with Crippen LogP contribution in [0, 0.1) is 0 Å². The Labute approximate surface area is 114 Å². The van der Waals surface area contributed by atoms with Crippen LogP contribution in [-0.2, 0) is 4.79 Å². The summed E-state index contributed by atoms with van der Waals surface area (Å²) in [6.45, 7) is 0.395. The second-order valence-electron chi connectivity index (χ2n) is 3.73. The Bertz CT molecular complexity index is 568. The van der Waals surface area contributed by atoms with Gasteiger partial charge in [0.05, 0.1) is 0 Å². The molecule has 1 amide bonds. The molecule has 0 bridgehead atoms. The maximum Gasteiger partial charge on any atom is 0.257 e. The molecule has 0 radical (unpaired) electrons. The minimum absolute atomic E-state index is 0.0731. The molecule has 10 heteroatoms. The Morgan fingerprint density at radius 1 is 1.35 bits per heavy atom. The van der Waals surface area contributed by atoms with Crippen molar-refractivity contribution in [3.63, 3.8) is 0 Å². The highest BCUT2D eigenvalue weighted by atomic mass is 16.1. The maximum absolute atomic E-state index is 11.1. The van der Waals surface area contributed by atoms with Crippen molar-refractivity contribution < 1.29 is 4.79 Å². The number of aromatic nitrogens is 5. The van der Waals surface area contributed by atoms with Gasteiger partial charge < -0.3 is 10.6 Å². The van der Waals surface area contributed by atoms with Crippen LogP contribution >= 0.6 is 0 Å². The summed E-state index contributed by atoms with van der Waals surface area (Å²) in [4.78, 5) is 23.4. The number of carbonyl (C=O) groups excluding carboxylic acids is 1. The quantitative estimate of drug-likeness (QED) is 0.385. The van der Waals surface area contributed by atoms with Crippen molar-refractivity contribution in [1.82, 2.24) is 30.0 Å². The van der Waals surface area contributed by atoms with E-state index >= 15 is 0 Å². The van der Waals surface area contributed by atoms with Gasteiger partial charge in [-0.25, -0.2) is 10.5 Å². The van der Waals surface area contributed by atoms with E-state index in [4.69, 9.17) is 5.84 Å². The van der Waals surface area contributed by atoms with Crippen molar-refractivity contribution in [3.05, 3.63) is 18.5 Å². The number of hydrogen-bond acceptors (Lipinski definition) is 8. The molecule has 0 aromatic carbocycles. The summed E-state index contributed by atoms with van der Waals surface area (Å²) >= 11 is 0. The highest BCUT2D eigenvalue weighted by molar-refractivity contribution is 5.75. The molecule has 2 aromatic heterocycles. The molecule has 20 heavy (non-hydrogen) atoms. The fraction of sp³-hybridized carbons (Fsp3) is 0.300. The van der Waals surface area contributed by atoms with Gasteiger partial charge in [0, 0.05) is 32.4 Å². The first-order valence-electron chi connectivity index (χ1n) is 5.90. The zero-order valence-corrected chi connectivity index (χ0v) is 10.9. The first kappa shape index (κ1) is 13.7. The van der Waals surface area contributed by atoms with Crippen molar-refractivity contribution >= 4 is 17.8 Å². The monoisotopic (exact) mass is 277 g/mol. The van der Waals surface area contributed by atoms with Gasteiger partial charge in [0.1, 0.15) is 0 Å². The Hall–Kier alpha value is -2.75. The molecule has 0 fully saturated rings. The summed E-state index contributed by atoms with van der Waals surface area (Å²) in [5.74, 6) is 6.07. The van der Waals surface area contributed by atoms with Crippen LogP contribution in [0.15, 0.2) is 18.5 Å². The molecule has 0 aliphatic rings. The fourth-order valence-electron chi connectivity index (χ4n) is 1.41. The number of nitrogen functional groups attached to an aromatic ring is 1. The van der Waals surface area contributed by atoms with Crippen LogP contribution in [-0.4, -0.2) is 44.2 Å². The molecular weight excluding hydrogens is 262 g/mol. The molecule has 0 atom stereocenters. The van der Waals surface area contributed by atoms with Crippen LogP contribution in [0.5, 0.6) is 0 Å². The van der Waals surface area contributed by atoms with Gasteiger partial charge in [0.25, 0.3) is 5.95 Å². The normalized spacial score (nSPS) is 10.1. The second-order valence-corrected chi connectivity index (χ2v) is 3.73. The predicted molar refractivity (Wildman–Crippen MR) is 71.9 cm³/mol. The van der Waals surface area contributed by atoms with Crippen molar-refractivity contribution in [2.45, 2.75) is 6.42 Å². The summed E-state index contributed by atoms with van der Waals surface area (Å²) in [6.07, 6.45) is 3.62. The number of nitrogens with two attached hydrogens (primary N) is 1. The van der Waals surface area contributed by atoms with Gasteiger partial charge in [-0.05, 0) is 6.07 Å². The number of carbonyl (C=O) groups is 1. The number of amides is 1. The average Bonchev–Trinajstić information content (AvgIpc) is 3.01. The van der Waals surface area contributed by atoms with Crippen LogP contribution in [0.2, 0.25) is 0 Å². The Morgan fingerprint density at radius 2 is 2.15 bits per heavy atom. The smallest absolute Gasteiger partial charge is 0.257 e. The van der Waals surface area contributed by atoms with Crippen LogP contribution in [0.1, 0.15) is 6.42 Å². The summed E-state index contributed by atoms with van der Waals surface area (Å²) in [7, 11) is 1.58. The molecule has 0 aliphatic carbocycles. The molecule has 0 saturated carbocycles. The van der Waals surface area contributed by atoms with Gasteiger partial charge in [-0.1, -0.05) is 0 Å². The van der Waals surface area contributed by atoms with E-state index in [2.05, 4.69) is 36.1 Å². The van der Waals surface area contributed by atoms with Gasteiger partial charge in [-0.15, -0.1) is 0 Å². The standard InChI is InChI=1S/C10H15N9O/c1-12-7(20)3-5-13-8-15-9(18-11)17-10(16-8)19-6-2-4-14-19/h2,4,6H,3,5,11H2,1H3,(H,12,20)(H2,13,15,16,17,18). The van der Waals surface area contributed by atoms with Gasteiger partial charge >= 0.3 is 0 Å². The second kappa shape index (κ2) is 6.43. The largest absolute Gasteiger partial charge is 0.359 e. The SMILES string of the molecule is CNC(=O)CCNc1nc(NN)nc(-n2cccn2)n1. The zero-order chi connectivity index (χ0) is 14.4. The van der Waals surface area contributed by atoms with E-state index in [1.807, 2.05) is 0 Å². The molecule has 2 aromatic rings. The van der Waals surface area contributed by atoms with Crippen molar-refractivity contribution in [1.29, 1.82) is 0 Å². The molecule has 10 nitrogen and oxygen atoms in total. The van der Waals surface area contributed by atoms with Crippen LogP contribution in [0.25, 0.3) is 5.95 Å². The molecule has 0 aliphatic heterocycles. The number of hydrazine groups is 1. The van der Waals surface area contributed by atoms with Crippen LogP contribution in [0.3, 0.4) is 0 Å². The average molecular weight is 277 g/mol. The lowest BCUT2D eigenvalue weighted by Gasteiger charge is -2.08. The summed E-state index contributed by atoms with van der Waals surface area (Å²) in [5.41, 5.74) is 2.36. The Balaban J connectivity index is 2.12. The van der Waals surface area contributed by atoms with Crippen LogP contribution in [0.4, 0.5) is 11.9 Å². The van der Waals surface area contributed by atoms with Crippen LogP contribution < -0.4 is 21.9 Å². The molecule has 2 rings (SSSR count). The Kier molecular flexibility index (Phi) is 4.39. The topological polar surface area (TPSA) is 136 Å². The number of anilines is 2. The molecule has 0 saturated heterocycles. The number of rotatable bonds is 6. The lowest BCUT2D eigenvalue weighted by atomic mass is 10.4. The van der Waals surface area contributed by atoms with Crippen molar-refractivity contribution in [2.75, 3.05) is 24.3 Å². The molecule has 0 unspecified atom stereocenters. The minimum Gasteiger partial charge on any atom is -0.359 e. The molecular formula is C10H15N9O. The molecule has 2 heterocycles. The first-order chi connectivity index (χ1) is 9.72. The minimum atomic E-state index is -0.0731. The van der Waals surface area contributed by atoms with E-state index < -0.39 is 0 Å². The Morgan fingerprint density at radius 3 is 2.80 bits per heavy atom. The molecule has 0 spiro atoms. The predicted octanol–water partition coefficient (Wildman–Crippen LogP) is -1.11. The van der Waals surface area contributed by atoms with E-state index in [1.165, 1.54) is 4.68 Å². The van der Waals surface area contributed by atoms with E-state index in [9.17, 15) is 4.79 Å². The molecule has 5 N–H and O–H groups in total. The highest BCUT2D eigenvalue weighted by Crippen LogP contribution is 2.07. The number of hydrogen-bond donors (Lipinski definition) is 4. The highest BCUT2D eigenvalue weighted by Gasteiger charge is 2.08. The number of nitrogens with one attached hydrogen (secondary N) is 3. The first-order valence-corrected chi connectivity index (χ1v) is 5.90. The lowest BCUT2D eigenvalue weighted by molar-refractivity contribution is -0.120. The molecule has 106 valence electrons. The number of nitrogens with zero attached hydrogens (tertiary/aromatic N) is 5.